The van der Waals surface area contributed by atoms with Crippen molar-refractivity contribution in [2.45, 2.75) is 38.7 Å². The number of anilines is 1. The van der Waals surface area contributed by atoms with E-state index in [1.54, 1.807) is 12.1 Å². The molecule has 2 aliphatic rings. The minimum atomic E-state index is -0.422. The van der Waals surface area contributed by atoms with Gasteiger partial charge in [0.2, 0.25) is 5.91 Å². The number of hydrazone groups is 1. The number of hydrogen-bond donors (Lipinski definition) is 2. The van der Waals surface area contributed by atoms with Gasteiger partial charge < -0.3 is 4.74 Å². The summed E-state index contributed by atoms with van der Waals surface area (Å²) in [6.45, 7) is 1.93. The van der Waals surface area contributed by atoms with Crippen LogP contribution < -0.4 is 10.7 Å². The molecule has 0 saturated heterocycles. The Labute approximate surface area is 128 Å². The molecule has 1 aromatic rings. The van der Waals surface area contributed by atoms with Crippen LogP contribution in [-0.2, 0) is 9.53 Å². The number of rotatable bonds is 4. The Hall–Kier alpha value is -2.37. The van der Waals surface area contributed by atoms with E-state index in [-0.39, 0.29) is 12.0 Å². The molecule has 1 fully saturated rings. The van der Waals surface area contributed by atoms with Crippen molar-refractivity contribution in [2.75, 3.05) is 5.32 Å². The zero-order chi connectivity index (χ0) is 15.5. The van der Waals surface area contributed by atoms with Crippen molar-refractivity contribution in [3.05, 3.63) is 29.8 Å². The Morgan fingerprint density at radius 1 is 1.32 bits per heavy atom. The van der Waals surface area contributed by atoms with Gasteiger partial charge >= 0.3 is 6.09 Å². The summed E-state index contributed by atoms with van der Waals surface area (Å²) in [5.74, 6) is 0.460. The van der Waals surface area contributed by atoms with Gasteiger partial charge in [-0.25, -0.2) is 10.2 Å². The van der Waals surface area contributed by atoms with E-state index in [1.807, 2.05) is 19.1 Å². The summed E-state index contributed by atoms with van der Waals surface area (Å²) in [6, 6.07) is 7.35. The third-order valence-electron chi connectivity index (χ3n) is 3.95. The van der Waals surface area contributed by atoms with Crippen molar-refractivity contribution in [1.82, 2.24) is 5.43 Å². The summed E-state index contributed by atoms with van der Waals surface area (Å²) in [7, 11) is 0. The first-order valence-corrected chi connectivity index (χ1v) is 7.55. The molecule has 0 bridgehead atoms. The van der Waals surface area contributed by atoms with Crippen molar-refractivity contribution >= 4 is 23.4 Å². The van der Waals surface area contributed by atoms with Crippen LogP contribution in [-0.4, -0.2) is 23.8 Å². The molecule has 1 aromatic carbocycles. The molecule has 0 radical (unpaired) electrons. The highest BCUT2D eigenvalue weighted by Crippen LogP contribution is 2.34. The van der Waals surface area contributed by atoms with Gasteiger partial charge in [0.05, 0.1) is 5.71 Å². The van der Waals surface area contributed by atoms with Crippen molar-refractivity contribution in [3.63, 3.8) is 0 Å². The molecule has 0 aromatic heterocycles. The molecule has 22 heavy (non-hydrogen) atoms. The fraction of sp³-hybridized carbons (Fsp3) is 0.438. The lowest BCUT2D eigenvalue weighted by atomic mass is 10.0. The van der Waals surface area contributed by atoms with Crippen LogP contribution >= 0.6 is 0 Å². The van der Waals surface area contributed by atoms with Crippen LogP contribution in [0.15, 0.2) is 29.4 Å². The summed E-state index contributed by atoms with van der Waals surface area (Å²) < 4.78 is 5.32. The monoisotopic (exact) mass is 301 g/mol. The van der Waals surface area contributed by atoms with Crippen molar-refractivity contribution in [1.29, 1.82) is 0 Å². The van der Waals surface area contributed by atoms with Gasteiger partial charge in [-0.1, -0.05) is 12.1 Å². The zero-order valence-electron chi connectivity index (χ0n) is 12.5. The third-order valence-corrected chi connectivity index (χ3v) is 3.95. The second-order valence-corrected chi connectivity index (χ2v) is 5.74. The van der Waals surface area contributed by atoms with Gasteiger partial charge in [0, 0.05) is 18.5 Å². The highest BCUT2D eigenvalue weighted by molar-refractivity contribution is 6.04. The molecule has 2 N–H and O–H groups in total. The molecule has 1 aliphatic heterocycles. The SMILES string of the molecule is CC(OC(=O)Nc1ccc(C2=NNC(=O)CC2)cc1)C1CC1. The fourth-order valence-corrected chi connectivity index (χ4v) is 2.41. The van der Waals surface area contributed by atoms with E-state index in [9.17, 15) is 9.59 Å². The highest BCUT2D eigenvalue weighted by Gasteiger charge is 2.30. The number of amides is 2. The van der Waals surface area contributed by atoms with Gasteiger partial charge in [0.15, 0.2) is 0 Å². The maximum atomic E-state index is 11.8. The Morgan fingerprint density at radius 2 is 2.05 bits per heavy atom. The molecular weight excluding hydrogens is 282 g/mol. The number of ether oxygens (including phenoxy) is 1. The number of nitrogens with one attached hydrogen (secondary N) is 2. The van der Waals surface area contributed by atoms with Gasteiger partial charge in [-0.2, -0.15) is 5.10 Å². The minimum Gasteiger partial charge on any atom is -0.446 e. The summed E-state index contributed by atoms with van der Waals surface area (Å²) in [5, 5.41) is 6.76. The quantitative estimate of drug-likeness (QED) is 0.897. The van der Waals surface area contributed by atoms with Crippen molar-refractivity contribution < 1.29 is 14.3 Å². The third kappa shape index (κ3) is 3.63. The van der Waals surface area contributed by atoms with Gasteiger partial charge in [-0.3, -0.25) is 10.1 Å². The first kappa shape index (κ1) is 14.6. The molecule has 1 aliphatic carbocycles. The van der Waals surface area contributed by atoms with Gasteiger partial charge in [0.25, 0.3) is 0 Å². The first-order valence-electron chi connectivity index (χ1n) is 7.55. The zero-order valence-corrected chi connectivity index (χ0v) is 12.5. The van der Waals surface area contributed by atoms with Crippen LogP contribution in [0.5, 0.6) is 0 Å². The first-order chi connectivity index (χ1) is 10.6. The second-order valence-electron chi connectivity index (χ2n) is 5.74. The predicted molar refractivity (Wildman–Crippen MR) is 82.6 cm³/mol. The largest absolute Gasteiger partial charge is 0.446 e. The molecular formula is C16H19N3O3. The van der Waals surface area contributed by atoms with E-state index >= 15 is 0 Å². The van der Waals surface area contributed by atoms with Gasteiger partial charge in [0.1, 0.15) is 6.10 Å². The molecule has 1 saturated carbocycles. The number of carbonyl (C=O) groups is 2. The average molecular weight is 301 g/mol. The lowest BCUT2D eigenvalue weighted by Crippen LogP contribution is -2.25. The van der Waals surface area contributed by atoms with Gasteiger partial charge in [-0.15, -0.1) is 0 Å². The number of hydrogen-bond acceptors (Lipinski definition) is 4. The smallest absolute Gasteiger partial charge is 0.411 e. The molecule has 0 spiro atoms. The van der Waals surface area contributed by atoms with Gasteiger partial charge in [-0.05, 0) is 43.4 Å². The average Bonchev–Trinajstić information content (AvgIpc) is 3.33. The Morgan fingerprint density at radius 3 is 2.64 bits per heavy atom. The van der Waals surface area contributed by atoms with E-state index in [4.69, 9.17) is 4.74 Å². The molecule has 1 heterocycles. The van der Waals surface area contributed by atoms with E-state index < -0.39 is 6.09 Å². The van der Waals surface area contributed by atoms with Crippen LogP contribution in [0.25, 0.3) is 0 Å². The number of carbonyl (C=O) groups excluding carboxylic acids is 2. The highest BCUT2D eigenvalue weighted by atomic mass is 16.6. The standard InChI is InChI=1S/C16H19N3O3/c1-10(11-2-3-11)22-16(21)17-13-6-4-12(5-7-13)14-8-9-15(20)19-18-14/h4-7,10-11H,2-3,8-9H2,1H3,(H,17,21)(H,19,20). The summed E-state index contributed by atoms with van der Waals surface area (Å²) in [5.41, 5.74) is 4.93. The topological polar surface area (TPSA) is 79.8 Å². The van der Waals surface area contributed by atoms with E-state index in [2.05, 4.69) is 15.8 Å². The summed E-state index contributed by atoms with van der Waals surface area (Å²) >= 11 is 0. The van der Waals surface area contributed by atoms with Crippen LogP contribution in [0.1, 0.15) is 38.2 Å². The maximum Gasteiger partial charge on any atom is 0.411 e. The van der Waals surface area contributed by atoms with Crippen LogP contribution in [0.4, 0.5) is 10.5 Å². The summed E-state index contributed by atoms with van der Waals surface area (Å²) in [6.07, 6.45) is 2.90. The van der Waals surface area contributed by atoms with E-state index in [0.717, 1.165) is 24.1 Å². The molecule has 116 valence electrons. The molecule has 3 rings (SSSR count). The second kappa shape index (κ2) is 6.17. The molecule has 2 amide bonds. The fourth-order valence-electron chi connectivity index (χ4n) is 2.41. The minimum absolute atomic E-state index is 0.0283. The van der Waals surface area contributed by atoms with Crippen molar-refractivity contribution in [3.8, 4) is 0 Å². The molecule has 6 nitrogen and oxygen atoms in total. The summed E-state index contributed by atoms with van der Waals surface area (Å²) in [4.78, 5) is 22.8. The van der Waals surface area contributed by atoms with Crippen LogP contribution in [0.3, 0.4) is 0 Å². The van der Waals surface area contributed by atoms with Crippen molar-refractivity contribution in [2.24, 2.45) is 11.0 Å². The van der Waals surface area contributed by atoms with Crippen LogP contribution in [0.2, 0.25) is 0 Å². The Bertz CT molecular complexity index is 606. The van der Waals surface area contributed by atoms with E-state index in [0.29, 0.717) is 24.4 Å². The molecule has 1 unspecified atom stereocenters. The van der Waals surface area contributed by atoms with Crippen LogP contribution in [0, 0.1) is 5.92 Å². The Balaban J connectivity index is 1.57. The molecule has 6 heteroatoms. The number of nitrogens with zero attached hydrogens (tertiary/aromatic N) is 1. The lowest BCUT2D eigenvalue weighted by molar-refractivity contribution is -0.121. The van der Waals surface area contributed by atoms with E-state index in [1.165, 1.54) is 0 Å². The lowest BCUT2D eigenvalue weighted by Gasteiger charge is -2.14. The molecule has 1 atom stereocenters. The maximum absolute atomic E-state index is 11.8. The number of benzene rings is 1. The Kier molecular flexibility index (Phi) is 4.09. The predicted octanol–water partition coefficient (Wildman–Crippen LogP) is 2.65. The normalized spacial score (nSPS) is 19.0.